The highest BCUT2D eigenvalue weighted by Crippen LogP contribution is 1.89. The van der Waals surface area contributed by atoms with Crippen molar-refractivity contribution in [1.29, 1.82) is 0 Å². The van der Waals surface area contributed by atoms with E-state index in [4.69, 9.17) is 24.3 Å². The molecule has 0 spiro atoms. The Kier molecular flexibility index (Phi) is 17.0. The molecule has 17 heavy (non-hydrogen) atoms. The van der Waals surface area contributed by atoms with Crippen molar-refractivity contribution in [2.24, 2.45) is 0 Å². The molecule has 0 rings (SSSR count). The van der Waals surface area contributed by atoms with Gasteiger partial charge in [0.2, 0.25) is 0 Å². The number of thiol groups is 2. The third kappa shape index (κ3) is 16.5. The van der Waals surface area contributed by atoms with E-state index >= 15 is 0 Å². The molecule has 0 aliphatic heterocycles. The van der Waals surface area contributed by atoms with Crippen molar-refractivity contribution in [1.82, 2.24) is 0 Å². The van der Waals surface area contributed by atoms with Crippen molar-refractivity contribution in [2.45, 2.75) is 12.8 Å². The van der Waals surface area contributed by atoms with Crippen LogP contribution in [0.5, 0.6) is 0 Å². The van der Waals surface area contributed by atoms with Gasteiger partial charge in [-0.1, -0.05) is 0 Å². The van der Waals surface area contributed by atoms with Crippen molar-refractivity contribution in [2.75, 3.05) is 51.1 Å². The summed E-state index contributed by atoms with van der Waals surface area (Å²) >= 11 is 8.09. The summed E-state index contributed by atoms with van der Waals surface area (Å²) in [7, 11) is 0. The highest BCUT2D eigenvalue weighted by Gasteiger charge is 1.92. The summed E-state index contributed by atoms with van der Waals surface area (Å²) in [5, 5.41) is 0. The van der Waals surface area contributed by atoms with Gasteiger partial charge in [-0.2, -0.15) is 25.3 Å². The van der Waals surface area contributed by atoms with E-state index in [0.29, 0.717) is 39.6 Å². The zero-order chi connectivity index (χ0) is 12.6. The van der Waals surface area contributed by atoms with Gasteiger partial charge in [-0.3, -0.25) is 0 Å². The number of hydrogen-bond donors (Lipinski definition) is 2. The van der Waals surface area contributed by atoms with E-state index in [1.165, 1.54) is 0 Å². The second-order valence-electron chi connectivity index (χ2n) is 3.05. The Morgan fingerprint density at radius 2 is 0.941 bits per heavy atom. The van der Waals surface area contributed by atoms with E-state index in [0.717, 1.165) is 24.3 Å². The highest BCUT2D eigenvalue weighted by atomic mass is 32.1. The average molecular weight is 286 g/mol. The molecule has 0 aliphatic rings. The molecule has 0 fully saturated rings. The summed E-state index contributed by atoms with van der Waals surface area (Å²) in [6, 6.07) is 0. The minimum atomic E-state index is 0.410. The normalized spacial score (nSPS) is 10.9. The van der Waals surface area contributed by atoms with Gasteiger partial charge in [-0.25, -0.2) is 19.6 Å². The fourth-order valence-electron chi connectivity index (χ4n) is 0.771. The molecule has 0 N–H and O–H groups in total. The SMILES string of the molecule is SCCCOOCCOCCOOCCCS. The zero-order valence-corrected chi connectivity index (χ0v) is 11.8. The maximum atomic E-state index is 5.21. The van der Waals surface area contributed by atoms with Gasteiger partial charge in [0.05, 0.1) is 26.4 Å². The summed E-state index contributed by atoms with van der Waals surface area (Å²) in [6.45, 7) is 2.89. The molecular formula is C10H22O5S2. The molecule has 0 aromatic carbocycles. The van der Waals surface area contributed by atoms with E-state index in [-0.39, 0.29) is 0 Å². The molecule has 0 aliphatic carbocycles. The average Bonchev–Trinajstić information content (AvgIpc) is 2.35. The highest BCUT2D eigenvalue weighted by molar-refractivity contribution is 7.80. The van der Waals surface area contributed by atoms with Crippen molar-refractivity contribution in [3.63, 3.8) is 0 Å². The van der Waals surface area contributed by atoms with E-state index in [2.05, 4.69) is 25.3 Å². The topological polar surface area (TPSA) is 46.2 Å². The van der Waals surface area contributed by atoms with Gasteiger partial charge < -0.3 is 4.74 Å². The van der Waals surface area contributed by atoms with Crippen LogP contribution in [0.4, 0.5) is 0 Å². The molecule has 0 atom stereocenters. The van der Waals surface area contributed by atoms with Gasteiger partial charge in [-0.05, 0) is 24.3 Å². The Labute approximate surface area is 114 Å². The van der Waals surface area contributed by atoms with Gasteiger partial charge in [0.15, 0.2) is 0 Å². The molecule has 0 saturated heterocycles. The molecule has 0 unspecified atom stereocenters. The summed E-state index contributed by atoms with van der Waals surface area (Å²) in [4.78, 5) is 19.4. The molecule has 5 nitrogen and oxygen atoms in total. The van der Waals surface area contributed by atoms with E-state index < -0.39 is 0 Å². The quantitative estimate of drug-likeness (QED) is 0.219. The van der Waals surface area contributed by atoms with Crippen LogP contribution in [0.2, 0.25) is 0 Å². The van der Waals surface area contributed by atoms with Gasteiger partial charge in [0.25, 0.3) is 0 Å². The standard InChI is InChI=1S/C10H22O5S2/c16-9-1-3-12-14-7-5-11-6-8-15-13-4-2-10-17/h16-17H,1-10H2. The Hall–Kier alpha value is 0.500. The van der Waals surface area contributed by atoms with Crippen LogP contribution in [0.1, 0.15) is 12.8 Å². The Morgan fingerprint density at radius 3 is 1.35 bits per heavy atom. The second kappa shape index (κ2) is 16.5. The lowest BCUT2D eigenvalue weighted by Crippen LogP contribution is -2.10. The first-order valence-corrected chi connectivity index (χ1v) is 6.96. The van der Waals surface area contributed by atoms with Crippen molar-refractivity contribution in [3.05, 3.63) is 0 Å². The third-order valence-corrected chi connectivity index (χ3v) is 2.19. The van der Waals surface area contributed by atoms with Crippen LogP contribution in [0, 0.1) is 0 Å². The largest absolute Gasteiger partial charge is 0.376 e. The van der Waals surface area contributed by atoms with Gasteiger partial charge in [-0.15, -0.1) is 0 Å². The molecule has 0 heterocycles. The molecule has 104 valence electrons. The van der Waals surface area contributed by atoms with E-state index in [9.17, 15) is 0 Å². The molecule has 0 bridgehead atoms. The van der Waals surface area contributed by atoms with Crippen LogP contribution in [-0.2, 0) is 24.3 Å². The lowest BCUT2D eigenvalue weighted by atomic mass is 10.5. The fraction of sp³-hybridized carbons (Fsp3) is 1.00. The van der Waals surface area contributed by atoms with Gasteiger partial charge in [0.1, 0.15) is 13.2 Å². The van der Waals surface area contributed by atoms with Gasteiger partial charge in [0, 0.05) is 0 Å². The molecule has 0 aromatic heterocycles. The molecule has 0 radical (unpaired) electrons. The monoisotopic (exact) mass is 286 g/mol. The summed E-state index contributed by atoms with van der Waals surface area (Å²) in [5.74, 6) is 1.59. The zero-order valence-electron chi connectivity index (χ0n) is 10.0. The molecule has 7 heteroatoms. The molecule has 0 saturated carbocycles. The lowest BCUT2D eigenvalue weighted by Gasteiger charge is -2.05. The Bertz CT molecular complexity index is 126. The maximum Gasteiger partial charge on any atom is 0.106 e. The van der Waals surface area contributed by atoms with E-state index in [1.807, 2.05) is 0 Å². The maximum absolute atomic E-state index is 5.21. The number of rotatable bonds is 14. The summed E-state index contributed by atoms with van der Waals surface area (Å²) in [5.41, 5.74) is 0. The van der Waals surface area contributed by atoms with Crippen molar-refractivity contribution >= 4 is 25.3 Å². The molecule has 0 amide bonds. The minimum Gasteiger partial charge on any atom is -0.376 e. The number of hydrogen-bond acceptors (Lipinski definition) is 7. The van der Waals surface area contributed by atoms with E-state index in [1.54, 1.807) is 0 Å². The lowest BCUT2D eigenvalue weighted by molar-refractivity contribution is -0.307. The Balaban J connectivity index is 2.85. The van der Waals surface area contributed by atoms with Crippen LogP contribution in [-0.4, -0.2) is 51.1 Å². The summed E-state index contributed by atoms with van der Waals surface area (Å²) < 4.78 is 5.21. The molecule has 0 aromatic rings. The van der Waals surface area contributed by atoms with Crippen molar-refractivity contribution < 1.29 is 24.3 Å². The van der Waals surface area contributed by atoms with Crippen LogP contribution >= 0.6 is 25.3 Å². The summed E-state index contributed by atoms with van der Waals surface area (Å²) in [6.07, 6.45) is 1.75. The van der Waals surface area contributed by atoms with Crippen LogP contribution in [0.15, 0.2) is 0 Å². The first-order chi connectivity index (χ1) is 8.41. The third-order valence-electron chi connectivity index (χ3n) is 1.56. The van der Waals surface area contributed by atoms with Gasteiger partial charge >= 0.3 is 0 Å². The first kappa shape index (κ1) is 17.5. The predicted molar refractivity (Wildman–Crippen MR) is 71.6 cm³/mol. The molecular weight excluding hydrogens is 264 g/mol. The van der Waals surface area contributed by atoms with Crippen LogP contribution < -0.4 is 0 Å². The second-order valence-corrected chi connectivity index (χ2v) is 3.95. The smallest absolute Gasteiger partial charge is 0.106 e. The van der Waals surface area contributed by atoms with Crippen LogP contribution in [0.25, 0.3) is 0 Å². The Morgan fingerprint density at radius 1 is 0.529 bits per heavy atom. The predicted octanol–water partition coefficient (Wildman–Crippen LogP) is 1.54. The van der Waals surface area contributed by atoms with Crippen molar-refractivity contribution in [3.8, 4) is 0 Å². The van der Waals surface area contributed by atoms with Crippen LogP contribution in [0.3, 0.4) is 0 Å². The minimum absolute atomic E-state index is 0.410. The first-order valence-electron chi connectivity index (χ1n) is 5.70. The number of ether oxygens (including phenoxy) is 1. The fourth-order valence-corrected chi connectivity index (χ4v) is 1.03.